The summed E-state index contributed by atoms with van der Waals surface area (Å²) in [7, 11) is 0. The normalized spacial score (nSPS) is 15.3. The van der Waals surface area contributed by atoms with Crippen LogP contribution in [0.1, 0.15) is 47.8 Å². The van der Waals surface area contributed by atoms with Gasteiger partial charge in [-0.2, -0.15) is 10.2 Å². The third kappa shape index (κ3) is 3.58. The van der Waals surface area contributed by atoms with E-state index in [9.17, 15) is 9.59 Å². The first-order valence-electron chi connectivity index (χ1n) is 7.63. The minimum Gasteiger partial charge on any atom is -0.478 e. The van der Waals surface area contributed by atoms with Crippen LogP contribution in [-0.2, 0) is 11.3 Å². The van der Waals surface area contributed by atoms with E-state index in [1.165, 1.54) is 29.9 Å². The summed E-state index contributed by atoms with van der Waals surface area (Å²) in [6.45, 7) is 2.74. The van der Waals surface area contributed by atoms with Gasteiger partial charge in [0.15, 0.2) is 0 Å². The molecule has 8 heteroatoms. The molecule has 2 aromatic rings. The van der Waals surface area contributed by atoms with E-state index < -0.39 is 12.0 Å². The summed E-state index contributed by atoms with van der Waals surface area (Å²) in [5.74, 6) is -0.650. The average Bonchev–Trinajstić information content (AvgIpc) is 3.07. The number of nitrogens with zero attached hydrogens (tertiary/aromatic N) is 4. The molecule has 1 aliphatic carbocycles. The SMILES string of the molecule is CC(C(=O)NCCn1ccc(C2CC2)n1)n1cc(C(=O)O)cn1. The first kappa shape index (κ1) is 15.3. The minimum absolute atomic E-state index is 0.0637. The monoisotopic (exact) mass is 317 g/mol. The van der Waals surface area contributed by atoms with E-state index in [-0.39, 0.29) is 11.5 Å². The molecule has 0 bridgehead atoms. The molecular formula is C15H19N5O3. The number of hydrogen-bond donors (Lipinski definition) is 2. The topological polar surface area (TPSA) is 102 Å². The fourth-order valence-electron chi connectivity index (χ4n) is 2.32. The van der Waals surface area contributed by atoms with Crippen LogP contribution in [0.4, 0.5) is 0 Å². The van der Waals surface area contributed by atoms with Crippen molar-refractivity contribution < 1.29 is 14.7 Å². The molecule has 0 saturated heterocycles. The van der Waals surface area contributed by atoms with Gasteiger partial charge in [-0.1, -0.05) is 0 Å². The van der Waals surface area contributed by atoms with Crippen LogP contribution >= 0.6 is 0 Å². The molecule has 122 valence electrons. The first-order chi connectivity index (χ1) is 11.0. The van der Waals surface area contributed by atoms with Crippen LogP contribution in [-0.4, -0.2) is 43.1 Å². The van der Waals surface area contributed by atoms with Gasteiger partial charge in [0.1, 0.15) is 6.04 Å². The quantitative estimate of drug-likeness (QED) is 0.794. The number of nitrogens with one attached hydrogen (secondary N) is 1. The van der Waals surface area contributed by atoms with Crippen LogP contribution in [0.3, 0.4) is 0 Å². The van der Waals surface area contributed by atoms with Crippen molar-refractivity contribution in [2.24, 2.45) is 0 Å². The highest BCUT2D eigenvalue weighted by Gasteiger charge is 2.25. The van der Waals surface area contributed by atoms with Gasteiger partial charge < -0.3 is 10.4 Å². The van der Waals surface area contributed by atoms with E-state index in [0.717, 1.165) is 5.69 Å². The maximum absolute atomic E-state index is 12.1. The van der Waals surface area contributed by atoms with Crippen LogP contribution < -0.4 is 5.32 Å². The van der Waals surface area contributed by atoms with Gasteiger partial charge in [0.25, 0.3) is 0 Å². The maximum atomic E-state index is 12.1. The molecule has 1 amide bonds. The lowest BCUT2D eigenvalue weighted by molar-refractivity contribution is -0.124. The molecule has 1 saturated carbocycles. The van der Waals surface area contributed by atoms with Gasteiger partial charge >= 0.3 is 5.97 Å². The van der Waals surface area contributed by atoms with E-state index in [1.54, 1.807) is 6.92 Å². The molecule has 3 rings (SSSR count). The van der Waals surface area contributed by atoms with Crippen molar-refractivity contribution in [2.45, 2.75) is 38.3 Å². The molecule has 0 aliphatic heterocycles. The Morgan fingerprint density at radius 1 is 1.48 bits per heavy atom. The van der Waals surface area contributed by atoms with Crippen molar-refractivity contribution in [2.75, 3.05) is 6.54 Å². The largest absolute Gasteiger partial charge is 0.478 e. The number of carboxylic acids is 1. The van der Waals surface area contributed by atoms with E-state index in [1.807, 2.05) is 16.9 Å². The molecule has 0 radical (unpaired) electrons. The summed E-state index contributed by atoms with van der Waals surface area (Å²) in [6.07, 6.45) is 6.94. The molecule has 0 aromatic carbocycles. The zero-order valence-electron chi connectivity index (χ0n) is 12.8. The van der Waals surface area contributed by atoms with Crippen LogP contribution in [0.15, 0.2) is 24.7 Å². The number of carboxylic acid groups (broad SMARTS) is 1. The summed E-state index contributed by atoms with van der Waals surface area (Å²) in [5.41, 5.74) is 1.19. The Morgan fingerprint density at radius 3 is 2.91 bits per heavy atom. The van der Waals surface area contributed by atoms with Gasteiger partial charge in [0.05, 0.1) is 24.0 Å². The number of hydrogen-bond acceptors (Lipinski definition) is 4. The number of carbonyl (C=O) groups is 2. The third-order valence-electron chi connectivity index (χ3n) is 3.92. The van der Waals surface area contributed by atoms with Gasteiger partial charge in [0.2, 0.25) is 5.91 Å². The fourth-order valence-corrected chi connectivity index (χ4v) is 2.32. The average molecular weight is 317 g/mol. The van der Waals surface area contributed by atoms with Gasteiger partial charge in [-0.15, -0.1) is 0 Å². The Hall–Kier alpha value is -2.64. The van der Waals surface area contributed by atoms with E-state index >= 15 is 0 Å². The van der Waals surface area contributed by atoms with E-state index in [4.69, 9.17) is 5.11 Å². The van der Waals surface area contributed by atoms with Crippen LogP contribution in [0, 0.1) is 0 Å². The van der Waals surface area contributed by atoms with Crippen LogP contribution in [0.5, 0.6) is 0 Å². The molecular weight excluding hydrogens is 298 g/mol. The number of carbonyl (C=O) groups excluding carboxylic acids is 1. The molecule has 1 atom stereocenters. The number of aromatic nitrogens is 4. The van der Waals surface area contributed by atoms with Crippen molar-refractivity contribution in [3.05, 3.63) is 35.9 Å². The summed E-state index contributed by atoms with van der Waals surface area (Å²) < 4.78 is 3.17. The van der Waals surface area contributed by atoms with Gasteiger partial charge in [-0.3, -0.25) is 14.2 Å². The number of amides is 1. The zero-order valence-corrected chi connectivity index (χ0v) is 12.8. The van der Waals surface area contributed by atoms with Crippen molar-refractivity contribution in [3.63, 3.8) is 0 Å². The van der Waals surface area contributed by atoms with Crippen molar-refractivity contribution in [1.29, 1.82) is 0 Å². The zero-order chi connectivity index (χ0) is 16.4. The lowest BCUT2D eigenvalue weighted by Gasteiger charge is -2.12. The van der Waals surface area contributed by atoms with Crippen molar-refractivity contribution in [3.8, 4) is 0 Å². The van der Waals surface area contributed by atoms with Gasteiger partial charge in [-0.05, 0) is 25.8 Å². The summed E-state index contributed by atoms with van der Waals surface area (Å²) >= 11 is 0. The molecule has 1 fully saturated rings. The van der Waals surface area contributed by atoms with Crippen LogP contribution in [0.2, 0.25) is 0 Å². The minimum atomic E-state index is -1.06. The maximum Gasteiger partial charge on any atom is 0.338 e. The molecule has 0 spiro atoms. The second-order valence-electron chi connectivity index (χ2n) is 5.76. The predicted octanol–water partition coefficient (Wildman–Crippen LogP) is 1.03. The Balaban J connectivity index is 1.48. The molecule has 8 nitrogen and oxygen atoms in total. The van der Waals surface area contributed by atoms with Gasteiger partial charge in [-0.25, -0.2) is 4.79 Å². The molecule has 2 N–H and O–H groups in total. The highest BCUT2D eigenvalue weighted by atomic mass is 16.4. The van der Waals surface area contributed by atoms with E-state index in [2.05, 4.69) is 15.5 Å². The molecule has 1 unspecified atom stereocenters. The Labute approximate surface area is 133 Å². The summed E-state index contributed by atoms with van der Waals surface area (Å²) in [4.78, 5) is 22.9. The summed E-state index contributed by atoms with van der Waals surface area (Å²) in [5, 5.41) is 20.1. The molecule has 23 heavy (non-hydrogen) atoms. The standard InChI is InChI=1S/C15H19N5O3/c1-10(20-9-12(8-17-20)15(22)23)14(21)16-5-7-19-6-4-13(18-19)11-2-3-11/h4,6,8-11H,2-3,5,7H2,1H3,(H,16,21)(H,22,23). The summed E-state index contributed by atoms with van der Waals surface area (Å²) in [6, 6.07) is 1.46. The Bertz CT molecular complexity index is 716. The predicted molar refractivity (Wildman–Crippen MR) is 81.1 cm³/mol. The molecule has 2 heterocycles. The highest BCUT2D eigenvalue weighted by Crippen LogP contribution is 2.38. The second kappa shape index (κ2) is 6.23. The number of rotatable bonds is 7. The fraction of sp³-hybridized carbons (Fsp3) is 0.467. The highest BCUT2D eigenvalue weighted by molar-refractivity contribution is 5.87. The molecule has 1 aliphatic rings. The van der Waals surface area contributed by atoms with E-state index in [0.29, 0.717) is 19.0 Å². The Morgan fingerprint density at radius 2 is 2.26 bits per heavy atom. The second-order valence-corrected chi connectivity index (χ2v) is 5.76. The first-order valence-corrected chi connectivity index (χ1v) is 7.63. The van der Waals surface area contributed by atoms with Crippen LogP contribution in [0.25, 0.3) is 0 Å². The van der Waals surface area contributed by atoms with Gasteiger partial charge in [0, 0.05) is 24.9 Å². The van der Waals surface area contributed by atoms with Crippen molar-refractivity contribution >= 4 is 11.9 Å². The molecule has 2 aromatic heterocycles. The Kier molecular flexibility index (Phi) is 4.14. The third-order valence-corrected chi connectivity index (χ3v) is 3.92. The lowest BCUT2D eigenvalue weighted by atomic mass is 10.3. The lowest BCUT2D eigenvalue weighted by Crippen LogP contribution is -2.33. The number of aromatic carboxylic acids is 1. The van der Waals surface area contributed by atoms with Crippen molar-refractivity contribution in [1.82, 2.24) is 24.9 Å². The smallest absolute Gasteiger partial charge is 0.338 e.